The number of aliphatic hydroxyl groups is 2. The van der Waals surface area contributed by atoms with Gasteiger partial charge < -0.3 is 10.2 Å². The second-order valence-corrected chi connectivity index (χ2v) is 4.47. The third-order valence-electron chi connectivity index (χ3n) is 2.87. The topological polar surface area (TPSA) is 64.2 Å². The molecule has 0 heterocycles. The maximum absolute atomic E-state index is 10.1. The van der Waals surface area contributed by atoms with Crippen molar-refractivity contribution in [3.8, 4) is 6.07 Å². The van der Waals surface area contributed by atoms with Crippen LogP contribution in [0.1, 0.15) is 18.1 Å². The van der Waals surface area contributed by atoms with Gasteiger partial charge in [0.15, 0.2) is 0 Å². The van der Waals surface area contributed by atoms with Gasteiger partial charge in [-0.1, -0.05) is 41.9 Å². The first-order chi connectivity index (χ1) is 8.65. The zero-order valence-electron chi connectivity index (χ0n) is 9.55. The molecule has 0 aliphatic rings. The average Bonchev–Trinajstić information content (AvgIpc) is 2.38. The van der Waals surface area contributed by atoms with Gasteiger partial charge in [0.1, 0.15) is 6.10 Å². The number of rotatable bonds is 3. The maximum atomic E-state index is 10.1. The Labute approximate surface area is 110 Å². The van der Waals surface area contributed by atoms with Crippen molar-refractivity contribution < 1.29 is 10.2 Å². The first-order valence-corrected chi connectivity index (χ1v) is 5.93. The van der Waals surface area contributed by atoms with Crippen LogP contribution in [0.4, 0.5) is 0 Å². The monoisotopic (exact) mass is 261 g/mol. The van der Waals surface area contributed by atoms with Crippen molar-refractivity contribution in [2.45, 2.75) is 18.6 Å². The molecular weight excluding hydrogens is 250 g/mol. The second-order valence-electron chi connectivity index (χ2n) is 4.06. The van der Waals surface area contributed by atoms with Crippen LogP contribution in [0.15, 0.2) is 36.4 Å². The molecule has 0 aliphatic carbocycles. The van der Waals surface area contributed by atoms with Crippen LogP contribution in [-0.2, 0) is 0 Å². The summed E-state index contributed by atoms with van der Waals surface area (Å²) in [5.41, 5.74) is 0.542. The molecule has 0 radical (unpaired) electrons. The summed E-state index contributed by atoms with van der Waals surface area (Å²) in [5, 5.41) is 30.5. The molecule has 4 heteroatoms. The molecule has 0 aliphatic heterocycles. The lowest BCUT2D eigenvalue weighted by atomic mass is 9.96. The fourth-order valence-corrected chi connectivity index (χ4v) is 2.27. The minimum absolute atomic E-state index is 0.123. The van der Waals surface area contributed by atoms with Crippen LogP contribution in [0, 0.1) is 11.3 Å². The van der Waals surface area contributed by atoms with Gasteiger partial charge in [-0.05, 0) is 17.0 Å². The number of nitriles is 1. The van der Waals surface area contributed by atoms with E-state index in [1.54, 1.807) is 18.2 Å². The fourth-order valence-electron chi connectivity index (χ4n) is 1.98. The maximum Gasteiger partial charge on any atom is 0.107 e. The lowest BCUT2D eigenvalue weighted by Crippen LogP contribution is -2.17. The van der Waals surface area contributed by atoms with Crippen LogP contribution in [-0.4, -0.2) is 16.3 Å². The number of hydrogen-bond acceptors (Lipinski definition) is 3. The van der Waals surface area contributed by atoms with Gasteiger partial charge in [-0.15, -0.1) is 0 Å². The highest BCUT2D eigenvalue weighted by Gasteiger charge is 2.20. The predicted octanol–water partition coefficient (Wildman–Crippen LogP) is 2.80. The third kappa shape index (κ3) is 2.32. The molecule has 0 spiro atoms. The Morgan fingerprint density at radius 3 is 2.50 bits per heavy atom. The number of fused-ring (bicyclic) bond motifs is 1. The van der Waals surface area contributed by atoms with Crippen molar-refractivity contribution in [2.75, 3.05) is 0 Å². The molecule has 0 saturated carbocycles. The number of aliphatic hydroxyl groups excluding tert-OH is 2. The molecule has 0 bridgehead atoms. The smallest absolute Gasteiger partial charge is 0.107 e. The summed E-state index contributed by atoms with van der Waals surface area (Å²) in [7, 11) is 0. The Morgan fingerprint density at radius 1 is 1.17 bits per heavy atom. The van der Waals surface area contributed by atoms with Crippen molar-refractivity contribution in [2.24, 2.45) is 0 Å². The standard InChI is InChI=1S/C14H12ClNO2/c15-11-6-2-4-9-3-1-5-10(13(9)11)14(18)12(17)7-8-16/h1-6,12,14,17-18H,7H2. The van der Waals surface area contributed by atoms with Gasteiger partial charge in [-0.2, -0.15) is 5.26 Å². The van der Waals surface area contributed by atoms with Gasteiger partial charge >= 0.3 is 0 Å². The van der Waals surface area contributed by atoms with Gasteiger partial charge in [-0.25, -0.2) is 0 Å². The van der Waals surface area contributed by atoms with Crippen molar-refractivity contribution in [3.05, 3.63) is 47.0 Å². The minimum Gasteiger partial charge on any atom is -0.389 e. The Morgan fingerprint density at radius 2 is 1.83 bits per heavy atom. The normalized spacial score (nSPS) is 14.1. The van der Waals surface area contributed by atoms with E-state index in [9.17, 15) is 10.2 Å². The molecule has 18 heavy (non-hydrogen) atoms. The first-order valence-electron chi connectivity index (χ1n) is 5.55. The lowest BCUT2D eigenvalue weighted by molar-refractivity contribution is 0.0225. The van der Waals surface area contributed by atoms with Crippen molar-refractivity contribution in [3.63, 3.8) is 0 Å². The molecule has 2 N–H and O–H groups in total. The Hall–Kier alpha value is -1.60. The Balaban J connectivity index is 2.54. The summed E-state index contributed by atoms with van der Waals surface area (Å²) >= 11 is 6.13. The van der Waals surface area contributed by atoms with Crippen molar-refractivity contribution in [1.29, 1.82) is 5.26 Å². The fraction of sp³-hybridized carbons (Fsp3) is 0.214. The number of benzene rings is 2. The van der Waals surface area contributed by atoms with Gasteiger partial charge in [-0.3, -0.25) is 0 Å². The van der Waals surface area contributed by atoms with Gasteiger partial charge in [0.05, 0.1) is 18.6 Å². The summed E-state index contributed by atoms with van der Waals surface area (Å²) in [6, 6.07) is 12.7. The molecule has 92 valence electrons. The first kappa shape index (κ1) is 12.8. The van der Waals surface area contributed by atoms with E-state index >= 15 is 0 Å². The predicted molar refractivity (Wildman–Crippen MR) is 70.2 cm³/mol. The Kier molecular flexibility index (Phi) is 3.83. The number of nitrogens with zero attached hydrogens (tertiary/aromatic N) is 1. The molecule has 0 amide bonds. The van der Waals surface area contributed by atoms with E-state index < -0.39 is 12.2 Å². The molecule has 3 nitrogen and oxygen atoms in total. The third-order valence-corrected chi connectivity index (χ3v) is 3.18. The van der Waals surface area contributed by atoms with Crippen molar-refractivity contribution in [1.82, 2.24) is 0 Å². The van der Waals surface area contributed by atoms with Crippen LogP contribution in [0.3, 0.4) is 0 Å². The van der Waals surface area contributed by atoms with Gasteiger partial charge in [0.2, 0.25) is 0 Å². The second kappa shape index (κ2) is 5.36. The SMILES string of the molecule is N#CCC(O)C(O)c1cccc2cccc(Cl)c12. The van der Waals surface area contributed by atoms with E-state index in [0.29, 0.717) is 16.0 Å². The van der Waals surface area contributed by atoms with Gasteiger partial charge in [0.25, 0.3) is 0 Å². The molecular formula is C14H12ClNO2. The number of halogens is 1. The molecule has 2 atom stereocenters. The quantitative estimate of drug-likeness (QED) is 0.893. The summed E-state index contributed by atoms with van der Waals surface area (Å²) in [4.78, 5) is 0. The molecule has 2 aromatic carbocycles. The van der Waals surface area contributed by atoms with E-state index in [1.807, 2.05) is 24.3 Å². The van der Waals surface area contributed by atoms with Crippen LogP contribution in [0.2, 0.25) is 5.02 Å². The van der Waals surface area contributed by atoms with E-state index in [2.05, 4.69) is 0 Å². The molecule has 2 unspecified atom stereocenters. The number of hydrogen-bond donors (Lipinski definition) is 2. The Bertz CT molecular complexity index is 601. The van der Waals surface area contributed by atoms with Crippen LogP contribution in [0.25, 0.3) is 10.8 Å². The summed E-state index contributed by atoms with van der Waals surface area (Å²) in [6.07, 6.45) is -2.35. The van der Waals surface area contributed by atoms with Crippen LogP contribution < -0.4 is 0 Å². The summed E-state index contributed by atoms with van der Waals surface area (Å²) < 4.78 is 0. The highest BCUT2D eigenvalue weighted by molar-refractivity contribution is 6.35. The lowest BCUT2D eigenvalue weighted by Gasteiger charge is -2.18. The van der Waals surface area contributed by atoms with E-state index in [-0.39, 0.29) is 6.42 Å². The zero-order chi connectivity index (χ0) is 13.1. The average molecular weight is 262 g/mol. The summed E-state index contributed by atoms with van der Waals surface area (Å²) in [5.74, 6) is 0. The molecule has 0 fully saturated rings. The highest BCUT2D eigenvalue weighted by atomic mass is 35.5. The van der Waals surface area contributed by atoms with Crippen molar-refractivity contribution >= 4 is 22.4 Å². The molecule has 0 aromatic heterocycles. The van der Waals surface area contributed by atoms with Gasteiger partial charge in [0, 0.05) is 10.4 Å². The minimum atomic E-state index is -1.12. The van der Waals surface area contributed by atoms with Crippen LogP contribution in [0.5, 0.6) is 0 Å². The summed E-state index contributed by atoms with van der Waals surface area (Å²) in [6.45, 7) is 0. The van der Waals surface area contributed by atoms with E-state index in [1.165, 1.54) is 0 Å². The largest absolute Gasteiger partial charge is 0.389 e. The molecule has 2 rings (SSSR count). The van der Waals surface area contributed by atoms with E-state index in [0.717, 1.165) is 5.39 Å². The zero-order valence-corrected chi connectivity index (χ0v) is 10.3. The van der Waals surface area contributed by atoms with Crippen LogP contribution >= 0.6 is 11.6 Å². The highest BCUT2D eigenvalue weighted by Crippen LogP contribution is 2.32. The van der Waals surface area contributed by atoms with E-state index in [4.69, 9.17) is 16.9 Å². The molecule has 0 saturated heterocycles. The molecule has 2 aromatic rings.